The highest BCUT2D eigenvalue weighted by molar-refractivity contribution is 6.86. The maximum absolute atomic E-state index is 12.9. The summed E-state index contributed by atoms with van der Waals surface area (Å²) in [5, 5.41) is 17.1. The minimum Gasteiger partial charge on any atom is -0.481 e. The Morgan fingerprint density at radius 3 is 0.929 bits per heavy atom. The Morgan fingerprint density at radius 1 is 0.439 bits per heavy atom. The van der Waals surface area contributed by atoms with Crippen molar-refractivity contribution in [2.24, 2.45) is 33.5 Å². The molecule has 0 aliphatic carbocycles. The number of alkyl halides is 3. The van der Waals surface area contributed by atoms with Crippen LogP contribution >= 0.6 is 0 Å². The molecule has 0 radical (unpaired) electrons. The third-order valence-corrected chi connectivity index (χ3v) is 38.7. The van der Waals surface area contributed by atoms with Crippen LogP contribution in [0.1, 0.15) is 238 Å². The molecule has 0 aromatic rings. The highest BCUT2D eigenvalue weighted by atomic mass is 28.4. The first-order valence-corrected chi connectivity index (χ1v) is 52.8. The quantitative estimate of drug-likeness (QED) is 0.0191. The minimum absolute atomic E-state index is 0. The second kappa shape index (κ2) is 54.0. The molecule has 98 heavy (non-hydrogen) atoms. The molecule has 0 saturated heterocycles. The van der Waals surface area contributed by atoms with Crippen LogP contribution < -0.4 is 0 Å². The zero-order chi connectivity index (χ0) is 73.0. The Morgan fingerprint density at radius 2 is 0.694 bits per heavy atom. The number of hydrogen-bond acceptors (Lipinski definition) is 13. The van der Waals surface area contributed by atoms with E-state index in [0.29, 0.717) is 51.1 Å². The van der Waals surface area contributed by atoms with Crippen LogP contribution in [0.25, 0.3) is 0 Å². The van der Waals surface area contributed by atoms with E-state index in [9.17, 15) is 47.0 Å². The molecule has 15 nitrogen and oxygen atoms in total. The summed E-state index contributed by atoms with van der Waals surface area (Å²) < 4.78 is 78.3. The van der Waals surface area contributed by atoms with Gasteiger partial charge < -0.3 is 41.5 Å². The van der Waals surface area contributed by atoms with E-state index in [1.54, 1.807) is 6.92 Å². The van der Waals surface area contributed by atoms with Gasteiger partial charge in [-0.2, -0.15) is 13.2 Å². The van der Waals surface area contributed by atoms with E-state index in [-0.39, 0.29) is 75.5 Å². The fraction of sp³-hybridized carbons (Fsp3) is 0.865. The Bertz CT molecular complexity index is 2180. The zero-order valence-corrected chi connectivity index (χ0v) is 69.2. The van der Waals surface area contributed by atoms with E-state index >= 15 is 0 Å². The summed E-state index contributed by atoms with van der Waals surface area (Å²) in [6.45, 7) is 61.8. The van der Waals surface area contributed by atoms with Crippen LogP contribution in [0, 0.1) is 33.5 Å². The van der Waals surface area contributed by atoms with Crippen molar-refractivity contribution in [3.05, 3.63) is 24.8 Å². The Labute approximate surface area is 609 Å². The topological polar surface area (TPSA) is 207 Å². The van der Waals surface area contributed by atoms with Gasteiger partial charge in [-0.3, -0.25) is 19.2 Å². The first-order valence-electron chi connectivity index (χ1n) is 34.1. The molecule has 0 spiro atoms. The molecule has 2 atom stereocenters. The SMILES string of the molecule is C.C.C.C.C.C.C=C(C)C(=O)OCCC[Si](C)(C)O[Si](C)(C)CCCC.C=CC(=O)O.CCCC[Si](C)(C)O[Si](C)(C)CCCOC(=O)C(C)(C)CC(C)(C)C(CC)C(=O)O.CCCC[Si](C)(C)O[Si](C)(C)CCCOC(=O)C(C)(C)CC(C)(C)C(CC)C(=O)OCCCC(F)(F)F. The van der Waals surface area contributed by atoms with Crippen molar-refractivity contribution in [1.82, 2.24) is 0 Å². The van der Waals surface area contributed by atoms with Crippen LogP contribution in [-0.2, 0) is 60.1 Å². The molecule has 0 aromatic heterocycles. The van der Waals surface area contributed by atoms with Crippen LogP contribution in [0.4, 0.5) is 13.2 Å². The number of unbranched alkanes of at least 4 members (excludes halogenated alkanes) is 3. The van der Waals surface area contributed by atoms with Crippen molar-refractivity contribution < 1.29 is 83.4 Å². The second-order valence-electron chi connectivity index (χ2n) is 31.5. The van der Waals surface area contributed by atoms with Crippen LogP contribution in [0.15, 0.2) is 24.8 Å². The summed E-state index contributed by atoms with van der Waals surface area (Å²) in [4.78, 5) is 70.4. The summed E-state index contributed by atoms with van der Waals surface area (Å²) in [5.41, 5.74) is -2.17. The van der Waals surface area contributed by atoms with Crippen molar-refractivity contribution in [2.45, 2.75) is 359 Å². The number of hydrogen-bond donors (Lipinski definition) is 2. The molecular weight excluding hydrogens is 1350 g/mol. The minimum atomic E-state index is -4.27. The fourth-order valence-electron chi connectivity index (χ4n) is 12.2. The van der Waals surface area contributed by atoms with Crippen LogP contribution in [0.5, 0.6) is 0 Å². The van der Waals surface area contributed by atoms with E-state index in [0.717, 1.165) is 43.5 Å². The summed E-state index contributed by atoms with van der Waals surface area (Å²) in [5.74, 6) is -4.15. The predicted octanol–water partition coefficient (Wildman–Crippen LogP) is 24.0. The zero-order valence-electron chi connectivity index (χ0n) is 63.2. The Balaban J connectivity index is -0.000000143. The lowest BCUT2D eigenvalue weighted by Gasteiger charge is -2.38. The van der Waals surface area contributed by atoms with Gasteiger partial charge in [0.2, 0.25) is 0 Å². The molecule has 0 fully saturated rings. The Hall–Kier alpha value is -2.73. The number of aliphatic carboxylic acids is 2. The predicted molar refractivity (Wildman–Crippen MR) is 427 cm³/mol. The summed E-state index contributed by atoms with van der Waals surface area (Å²) in [7, 11) is -10.1. The van der Waals surface area contributed by atoms with Gasteiger partial charge in [0.1, 0.15) is 0 Å². The third-order valence-electron chi connectivity index (χ3n) is 16.1. The number of carboxylic acid groups (broad SMARTS) is 2. The molecule has 0 rings (SSSR count). The molecule has 0 bridgehead atoms. The summed E-state index contributed by atoms with van der Waals surface area (Å²) in [6.07, 6.45) is 6.96. The van der Waals surface area contributed by atoms with E-state index in [1.165, 1.54) is 56.7 Å². The van der Waals surface area contributed by atoms with Gasteiger partial charge in [-0.05, 0) is 212 Å². The molecule has 0 amide bonds. The molecule has 2 N–H and O–H groups in total. The van der Waals surface area contributed by atoms with E-state index in [4.69, 9.17) is 36.4 Å². The molecule has 0 saturated carbocycles. The highest BCUT2D eigenvalue weighted by Gasteiger charge is 2.45. The lowest BCUT2D eigenvalue weighted by Crippen LogP contribution is -2.44. The lowest BCUT2D eigenvalue weighted by molar-refractivity contribution is -0.162. The monoisotopic (exact) mass is 1520 g/mol. The smallest absolute Gasteiger partial charge is 0.389 e. The summed E-state index contributed by atoms with van der Waals surface area (Å²) >= 11 is 0. The van der Waals surface area contributed by atoms with Gasteiger partial charge in [0, 0.05) is 18.1 Å². The van der Waals surface area contributed by atoms with E-state index in [1.807, 2.05) is 69.2 Å². The number of carboxylic acids is 2. The average molecular weight is 1520 g/mol. The van der Waals surface area contributed by atoms with Crippen molar-refractivity contribution in [1.29, 1.82) is 0 Å². The standard InChI is InChI=1S/C27H53F3O5Si2.C23H48O5Si2.C15H32O3Si2.C3H4O2.6CH4/c1-11-13-19-36(7,8)35-37(9,10)20-15-18-34-24(32)26(5,6)21-25(3,4)22(12-2)23(31)33-17-14-16-27(28,29)30;1-11-13-16-29(7,8)28-30(9,10)17-14-15-27-21(26)23(5,6)18-22(3,4)19(12-2)20(24)25;1-8-9-12-19(4,5)18-20(6,7)13-10-11-17-15(16)14(2)3;1-2-3(4)5;;;;;;/h22H,11-21H2,1-10H3;19H,11-18H2,1-10H3,(H,24,25);2,8-13H2,1,3-7H3;2H,1H2,(H,4,5);6*1H4. The number of halogens is 3. The van der Waals surface area contributed by atoms with Gasteiger partial charge in [-0.1, -0.05) is 159 Å². The molecule has 0 aromatic carbocycles. The van der Waals surface area contributed by atoms with Gasteiger partial charge in [0.15, 0.2) is 49.9 Å². The molecule has 592 valence electrons. The highest BCUT2D eigenvalue weighted by Crippen LogP contribution is 2.43. The van der Waals surface area contributed by atoms with E-state index in [2.05, 4.69) is 112 Å². The number of rotatable bonds is 44. The number of ether oxygens (including phenoxy) is 4. The lowest BCUT2D eigenvalue weighted by atomic mass is 9.67. The molecule has 0 aliphatic rings. The van der Waals surface area contributed by atoms with Crippen molar-refractivity contribution in [2.75, 3.05) is 26.4 Å². The number of esters is 4. The van der Waals surface area contributed by atoms with Crippen LogP contribution in [0.2, 0.25) is 115 Å². The van der Waals surface area contributed by atoms with Crippen molar-refractivity contribution in [3.8, 4) is 0 Å². The molecule has 2 unspecified atom stereocenters. The van der Waals surface area contributed by atoms with E-state index < -0.39 is 114 Å². The van der Waals surface area contributed by atoms with Crippen LogP contribution in [0.3, 0.4) is 0 Å². The molecule has 24 heteroatoms. The van der Waals surface area contributed by atoms with Crippen LogP contribution in [-0.4, -0.2) is 129 Å². The van der Waals surface area contributed by atoms with Gasteiger partial charge >= 0.3 is 42.0 Å². The fourth-order valence-corrected chi connectivity index (χ4v) is 39.2. The maximum atomic E-state index is 12.9. The summed E-state index contributed by atoms with van der Waals surface area (Å²) in [6, 6.07) is 6.55. The van der Waals surface area contributed by atoms with Gasteiger partial charge in [-0.15, -0.1) is 0 Å². The van der Waals surface area contributed by atoms with Gasteiger partial charge in [-0.25, -0.2) is 9.59 Å². The van der Waals surface area contributed by atoms with Gasteiger partial charge in [0.25, 0.3) is 0 Å². The molecule has 0 heterocycles. The number of carbonyl (C=O) groups is 6. The largest absolute Gasteiger partial charge is 0.481 e. The second-order valence-corrected chi connectivity index (χ2v) is 58.0. The normalized spacial score (nSPS) is 12.7. The Kier molecular flexibility index (Phi) is 64.1. The average Bonchev–Trinajstić information content (AvgIpc) is 0.822. The number of carbonyl (C=O) groups excluding carboxylic acids is 4. The van der Waals surface area contributed by atoms with Gasteiger partial charge in [0.05, 0.1) is 49.1 Å². The van der Waals surface area contributed by atoms with Crippen molar-refractivity contribution in [3.63, 3.8) is 0 Å². The molecule has 0 aliphatic heterocycles. The molecular formula is C74H161F3O15Si6. The first-order chi connectivity index (χ1) is 41.5. The van der Waals surface area contributed by atoms with Crippen molar-refractivity contribution >= 4 is 85.7 Å². The third kappa shape index (κ3) is 58.7. The first kappa shape index (κ1) is 116. The maximum Gasteiger partial charge on any atom is 0.389 e.